The Kier molecular flexibility index (Phi) is 10.5. The summed E-state index contributed by atoms with van der Waals surface area (Å²) in [6, 6.07) is 13.2. The highest BCUT2D eigenvalue weighted by molar-refractivity contribution is 6.38. The number of β-amino-alcohol motifs (C(OH)–C–C–N with tert-alkyl or cyclic N) is 1. The number of pyridine rings is 1. The highest BCUT2D eigenvalue weighted by Gasteiger charge is 2.25. The molecular weight excluding hydrogens is 637 g/mol. The Morgan fingerprint density at radius 3 is 2.53 bits per heavy atom. The molecule has 4 aromatic rings. The average molecular weight is 677 g/mol. The minimum Gasteiger partial charge on any atom is -0.480 e. The molecule has 2 aliphatic rings. The summed E-state index contributed by atoms with van der Waals surface area (Å²) in [7, 11) is 1.58. The van der Waals surface area contributed by atoms with E-state index in [1.165, 1.54) is 5.56 Å². The first-order valence-electron chi connectivity index (χ1n) is 15.9. The Balaban J connectivity index is 1.24. The lowest BCUT2D eigenvalue weighted by Crippen LogP contribution is -2.34. The molecule has 0 radical (unpaired) electrons. The van der Waals surface area contributed by atoms with Crippen LogP contribution in [-0.2, 0) is 25.9 Å². The number of carbonyl (C=O) groups excluding carboxylic acids is 1. The first-order chi connectivity index (χ1) is 22.8. The van der Waals surface area contributed by atoms with Gasteiger partial charge in [-0.1, -0.05) is 59.6 Å². The lowest BCUT2D eigenvalue weighted by molar-refractivity contribution is 0.0987. The number of nitrogens with zero attached hydrogens (tertiary/aromatic N) is 5. The fourth-order valence-electron chi connectivity index (χ4n) is 6.61. The molecule has 0 bridgehead atoms. The van der Waals surface area contributed by atoms with Crippen molar-refractivity contribution in [2.24, 2.45) is 5.92 Å². The van der Waals surface area contributed by atoms with Gasteiger partial charge in [-0.3, -0.25) is 19.6 Å². The number of ether oxygens (including phenoxy) is 1. The van der Waals surface area contributed by atoms with Crippen LogP contribution in [0, 0.1) is 12.8 Å². The second-order valence-electron chi connectivity index (χ2n) is 12.3. The summed E-state index contributed by atoms with van der Waals surface area (Å²) in [6.45, 7) is 6.67. The number of hydrogen-bond acceptors (Lipinski definition) is 9. The smallest absolute Gasteiger partial charge is 0.237 e. The standard InChI is InChI=1S/C36H39Cl2N5O4/c1-22-15-29(40-31-19-42(13-14-44)12-10-25(22)31)33(46)16-24-5-3-6-26(34(24)37)27-7-4-8-28(35(27)38)30-17-39-32(36(41-30)47-2)20-43-11-9-23(18-43)21-45/h3-8,15,17,23,44-45H,9-14,16,18-21H2,1-2H3. The number of methoxy groups -OCH3 is 1. The summed E-state index contributed by atoms with van der Waals surface area (Å²) < 4.78 is 5.62. The van der Waals surface area contributed by atoms with Crippen molar-refractivity contribution in [2.45, 2.75) is 39.3 Å². The van der Waals surface area contributed by atoms with Crippen LogP contribution >= 0.6 is 23.2 Å². The molecule has 0 spiro atoms. The molecule has 47 heavy (non-hydrogen) atoms. The lowest BCUT2D eigenvalue weighted by atomic mass is 9.95. The number of halogens is 2. The van der Waals surface area contributed by atoms with Crippen LogP contribution in [0.5, 0.6) is 5.88 Å². The van der Waals surface area contributed by atoms with Gasteiger partial charge in [0.2, 0.25) is 5.88 Å². The third kappa shape index (κ3) is 7.21. The number of fused-ring (bicyclic) bond motifs is 1. The van der Waals surface area contributed by atoms with Crippen LogP contribution in [0.15, 0.2) is 48.7 Å². The quantitative estimate of drug-likeness (QED) is 0.201. The van der Waals surface area contributed by atoms with Gasteiger partial charge in [0.05, 0.1) is 41.3 Å². The minimum absolute atomic E-state index is 0.0918. The maximum Gasteiger partial charge on any atom is 0.237 e. The van der Waals surface area contributed by atoms with Gasteiger partial charge in [-0.05, 0) is 55.0 Å². The van der Waals surface area contributed by atoms with Gasteiger partial charge in [0.25, 0.3) is 0 Å². The average Bonchev–Trinajstić information content (AvgIpc) is 3.54. The third-order valence-corrected chi connectivity index (χ3v) is 10.0. The molecule has 2 N–H and O–H groups in total. The molecule has 4 heterocycles. The van der Waals surface area contributed by atoms with Crippen LogP contribution in [0.4, 0.5) is 0 Å². The normalized spacial score (nSPS) is 16.8. The molecule has 1 saturated heterocycles. The Labute approximate surface area is 285 Å². The molecule has 0 amide bonds. The zero-order valence-corrected chi connectivity index (χ0v) is 28.2. The van der Waals surface area contributed by atoms with Crippen LogP contribution in [0.2, 0.25) is 10.0 Å². The third-order valence-electron chi connectivity index (χ3n) is 9.19. The van der Waals surface area contributed by atoms with Crippen molar-refractivity contribution in [3.63, 3.8) is 0 Å². The molecule has 2 aromatic carbocycles. The SMILES string of the molecule is COc1nc(-c2cccc(-c3cccc(CC(=O)c4cc(C)c5c(n4)CN(CCO)CC5)c3Cl)c2Cl)cnc1CN1CCC(CO)C1. The molecule has 9 nitrogen and oxygen atoms in total. The summed E-state index contributed by atoms with van der Waals surface area (Å²) in [4.78, 5) is 32.2. The van der Waals surface area contributed by atoms with Crippen LogP contribution in [0.25, 0.3) is 22.4 Å². The molecule has 2 aliphatic heterocycles. The number of likely N-dealkylation sites (tertiary alicyclic amines) is 1. The highest BCUT2D eigenvalue weighted by Crippen LogP contribution is 2.40. The van der Waals surface area contributed by atoms with Crippen molar-refractivity contribution in [1.29, 1.82) is 0 Å². The second-order valence-corrected chi connectivity index (χ2v) is 13.1. The molecular formula is C36H39Cl2N5O4. The fourth-order valence-corrected chi connectivity index (χ4v) is 7.23. The Morgan fingerprint density at radius 1 is 1.02 bits per heavy atom. The molecule has 0 aliphatic carbocycles. The summed E-state index contributed by atoms with van der Waals surface area (Å²) in [5.74, 6) is 0.603. The van der Waals surface area contributed by atoms with E-state index in [0.717, 1.165) is 49.4 Å². The summed E-state index contributed by atoms with van der Waals surface area (Å²) in [5.41, 5.74) is 7.66. The van der Waals surface area contributed by atoms with E-state index in [4.69, 9.17) is 37.9 Å². The zero-order chi connectivity index (χ0) is 33.1. The molecule has 2 aromatic heterocycles. The van der Waals surface area contributed by atoms with Crippen molar-refractivity contribution < 1.29 is 19.7 Å². The summed E-state index contributed by atoms with van der Waals surface area (Å²) >= 11 is 14.0. The number of aryl methyl sites for hydroxylation is 1. The van der Waals surface area contributed by atoms with Crippen molar-refractivity contribution >= 4 is 29.0 Å². The van der Waals surface area contributed by atoms with Crippen LogP contribution in [0.3, 0.4) is 0 Å². The Hall–Kier alpha value is -3.44. The number of aromatic nitrogens is 3. The maximum absolute atomic E-state index is 13.6. The number of benzene rings is 2. The molecule has 6 rings (SSSR count). The largest absolute Gasteiger partial charge is 0.480 e. The molecule has 1 atom stereocenters. The topological polar surface area (TPSA) is 112 Å². The molecule has 0 saturated carbocycles. The lowest BCUT2D eigenvalue weighted by Gasteiger charge is -2.28. The Morgan fingerprint density at radius 2 is 1.79 bits per heavy atom. The predicted octanol–water partition coefficient (Wildman–Crippen LogP) is 5.42. The van der Waals surface area contributed by atoms with Gasteiger partial charge < -0.3 is 14.9 Å². The van der Waals surface area contributed by atoms with Crippen molar-refractivity contribution in [3.05, 3.63) is 92.5 Å². The molecule has 1 unspecified atom stereocenters. The Bertz CT molecular complexity index is 1780. The highest BCUT2D eigenvalue weighted by atomic mass is 35.5. The number of hydrogen-bond donors (Lipinski definition) is 2. The van der Waals surface area contributed by atoms with E-state index in [9.17, 15) is 15.0 Å². The maximum atomic E-state index is 13.6. The van der Waals surface area contributed by atoms with Gasteiger partial charge in [0, 0.05) is 62.4 Å². The van der Waals surface area contributed by atoms with E-state index in [0.29, 0.717) is 69.2 Å². The predicted molar refractivity (Wildman–Crippen MR) is 183 cm³/mol. The van der Waals surface area contributed by atoms with Crippen LogP contribution in [-0.4, -0.2) is 87.3 Å². The molecule has 246 valence electrons. The number of carbonyl (C=O) groups is 1. The van der Waals surface area contributed by atoms with Crippen molar-refractivity contribution in [2.75, 3.05) is 46.5 Å². The van der Waals surface area contributed by atoms with Crippen LogP contribution in [0.1, 0.15) is 45.0 Å². The number of aliphatic hydroxyl groups excluding tert-OH is 2. The van der Waals surface area contributed by atoms with Gasteiger partial charge in [0.15, 0.2) is 5.78 Å². The monoisotopic (exact) mass is 675 g/mol. The van der Waals surface area contributed by atoms with E-state index in [-0.39, 0.29) is 31.3 Å². The molecule has 1 fully saturated rings. The van der Waals surface area contributed by atoms with E-state index < -0.39 is 0 Å². The summed E-state index contributed by atoms with van der Waals surface area (Å²) in [5, 5.41) is 19.8. The number of rotatable bonds is 11. The van der Waals surface area contributed by atoms with E-state index in [1.54, 1.807) is 13.3 Å². The minimum atomic E-state index is -0.114. The second kappa shape index (κ2) is 14.8. The first kappa shape index (κ1) is 33.5. The van der Waals surface area contributed by atoms with Gasteiger partial charge in [-0.25, -0.2) is 9.97 Å². The van der Waals surface area contributed by atoms with E-state index >= 15 is 0 Å². The number of Topliss-reactive ketones (excluding diaryl/α,β-unsaturated/α-hetero) is 1. The van der Waals surface area contributed by atoms with Crippen molar-refractivity contribution in [3.8, 4) is 28.3 Å². The number of aliphatic hydroxyl groups is 2. The number of ketones is 1. The van der Waals surface area contributed by atoms with E-state index in [2.05, 4.69) is 14.8 Å². The van der Waals surface area contributed by atoms with E-state index in [1.807, 2.05) is 49.4 Å². The fraction of sp³-hybridized carbons (Fsp3) is 0.389. The van der Waals surface area contributed by atoms with Gasteiger partial charge in [-0.2, -0.15) is 0 Å². The van der Waals surface area contributed by atoms with Crippen molar-refractivity contribution in [1.82, 2.24) is 24.8 Å². The first-order valence-corrected chi connectivity index (χ1v) is 16.7. The summed E-state index contributed by atoms with van der Waals surface area (Å²) in [6.07, 6.45) is 3.61. The zero-order valence-electron chi connectivity index (χ0n) is 26.7. The van der Waals surface area contributed by atoms with Gasteiger partial charge in [-0.15, -0.1) is 0 Å². The van der Waals surface area contributed by atoms with Gasteiger partial charge >= 0.3 is 0 Å². The molecule has 11 heteroatoms. The van der Waals surface area contributed by atoms with Gasteiger partial charge in [0.1, 0.15) is 11.4 Å². The van der Waals surface area contributed by atoms with Crippen LogP contribution < -0.4 is 4.74 Å².